The molecule has 0 N–H and O–H groups in total. The zero-order valence-corrected chi connectivity index (χ0v) is 16.1. The Labute approximate surface area is 163 Å². The molecule has 0 saturated carbocycles. The molecule has 0 spiro atoms. The lowest BCUT2D eigenvalue weighted by molar-refractivity contribution is -0.390. The maximum absolute atomic E-state index is 12.1. The van der Waals surface area contributed by atoms with Crippen molar-refractivity contribution in [3.05, 3.63) is 64.1 Å². The number of hydrogen-bond donors (Lipinski definition) is 0. The van der Waals surface area contributed by atoms with Crippen molar-refractivity contribution in [3.63, 3.8) is 0 Å². The fourth-order valence-corrected chi connectivity index (χ4v) is 2.60. The van der Waals surface area contributed by atoms with E-state index in [1.807, 2.05) is 0 Å². The van der Waals surface area contributed by atoms with E-state index in [1.54, 1.807) is 36.4 Å². The Kier molecular flexibility index (Phi) is 7.65. The molecule has 1 aromatic carbocycles. The number of hydrogen-bond acceptors (Lipinski definition) is 6. The van der Waals surface area contributed by atoms with Gasteiger partial charge in [0.1, 0.15) is 12.8 Å². The molecule has 1 aromatic heterocycles. The zero-order chi connectivity index (χ0) is 20.5. The molecule has 0 saturated heterocycles. The molecule has 148 valence electrons. The molecule has 0 bridgehead atoms. The number of imidazole rings is 1. The van der Waals surface area contributed by atoms with Crippen molar-refractivity contribution in [2.24, 2.45) is 0 Å². The van der Waals surface area contributed by atoms with Crippen LogP contribution in [-0.4, -0.2) is 51.6 Å². The molecular formula is C20H24N4O4. The van der Waals surface area contributed by atoms with Crippen LogP contribution in [0.4, 0.5) is 5.82 Å². The van der Waals surface area contributed by atoms with Gasteiger partial charge in [-0.15, -0.1) is 0 Å². The Morgan fingerprint density at radius 2 is 1.96 bits per heavy atom. The average molecular weight is 384 g/mol. The van der Waals surface area contributed by atoms with Crippen LogP contribution in [0.2, 0.25) is 0 Å². The highest BCUT2D eigenvalue weighted by atomic mass is 16.6. The van der Waals surface area contributed by atoms with Crippen molar-refractivity contribution < 1.29 is 14.5 Å². The van der Waals surface area contributed by atoms with E-state index in [2.05, 4.69) is 30.3 Å². The van der Waals surface area contributed by atoms with Crippen LogP contribution in [0.1, 0.15) is 35.6 Å². The second kappa shape index (κ2) is 10.2. The number of benzene rings is 1. The second-order valence-corrected chi connectivity index (χ2v) is 5.90. The van der Waals surface area contributed by atoms with E-state index >= 15 is 0 Å². The van der Waals surface area contributed by atoms with Gasteiger partial charge >= 0.3 is 11.8 Å². The summed E-state index contributed by atoms with van der Waals surface area (Å²) >= 11 is 0. The van der Waals surface area contributed by atoms with Crippen LogP contribution < -0.4 is 0 Å². The molecule has 0 aliphatic heterocycles. The molecule has 8 nitrogen and oxygen atoms in total. The number of carbonyl (C=O) groups is 1. The van der Waals surface area contributed by atoms with Crippen molar-refractivity contribution in [2.75, 3.05) is 26.2 Å². The van der Waals surface area contributed by atoms with Gasteiger partial charge in [-0.25, -0.2) is 9.78 Å². The number of nitro groups is 1. The Hall–Kier alpha value is -3.26. The molecule has 2 aromatic rings. The third-order valence-corrected chi connectivity index (χ3v) is 4.28. The number of aromatic nitrogens is 2. The van der Waals surface area contributed by atoms with Gasteiger partial charge in [0.15, 0.2) is 0 Å². The molecule has 0 aliphatic rings. The van der Waals surface area contributed by atoms with E-state index in [0.717, 1.165) is 18.7 Å². The Morgan fingerprint density at radius 3 is 2.54 bits per heavy atom. The van der Waals surface area contributed by atoms with Crippen molar-refractivity contribution in [2.45, 2.75) is 13.8 Å². The summed E-state index contributed by atoms with van der Waals surface area (Å²) in [6.45, 7) is 10.6. The second-order valence-electron chi connectivity index (χ2n) is 5.90. The van der Waals surface area contributed by atoms with Gasteiger partial charge in [0.25, 0.3) is 0 Å². The number of ether oxygens (including phenoxy) is 1. The molecule has 28 heavy (non-hydrogen) atoms. The zero-order valence-electron chi connectivity index (χ0n) is 16.1. The summed E-state index contributed by atoms with van der Waals surface area (Å²) in [6.07, 6.45) is 5.91. The minimum Gasteiger partial charge on any atom is -0.461 e. The summed E-state index contributed by atoms with van der Waals surface area (Å²) in [7, 11) is 0. The maximum Gasteiger partial charge on any atom is 0.347 e. The standard InChI is InChI=1S/C20H24N4O4/c1-4-22(5-2)13-14-28-20(25)17-10-7-16(8-11-17)9-12-18-21-15-19(24(26)27)23(18)6-3/h6-12,15H,3-5,13-14H2,1-2H3/b12-9+. The summed E-state index contributed by atoms with van der Waals surface area (Å²) in [5.74, 6) is -0.125. The number of esters is 1. The number of likely N-dealkylation sites (N-methyl/N-ethyl adjacent to an activating group) is 1. The highest BCUT2D eigenvalue weighted by Crippen LogP contribution is 2.17. The van der Waals surface area contributed by atoms with Crippen molar-refractivity contribution in [1.82, 2.24) is 14.5 Å². The normalized spacial score (nSPS) is 11.1. The summed E-state index contributed by atoms with van der Waals surface area (Å²) in [4.78, 5) is 28.7. The van der Waals surface area contributed by atoms with Gasteiger partial charge in [-0.05, 0) is 41.8 Å². The van der Waals surface area contributed by atoms with E-state index in [1.165, 1.54) is 17.0 Å². The predicted molar refractivity (Wildman–Crippen MR) is 109 cm³/mol. The summed E-state index contributed by atoms with van der Waals surface area (Å²) in [6, 6.07) is 6.91. The van der Waals surface area contributed by atoms with Crippen LogP contribution in [-0.2, 0) is 4.74 Å². The van der Waals surface area contributed by atoms with E-state index in [0.29, 0.717) is 24.5 Å². The average Bonchev–Trinajstić information content (AvgIpc) is 3.13. The van der Waals surface area contributed by atoms with E-state index in [4.69, 9.17) is 4.74 Å². The quantitative estimate of drug-likeness (QED) is 0.353. The first-order valence-electron chi connectivity index (χ1n) is 9.01. The molecular weight excluding hydrogens is 360 g/mol. The minimum absolute atomic E-state index is 0.155. The molecule has 0 fully saturated rings. The third-order valence-electron chi connectivity index (χ3n) is 4.28. The van der Waals surface area contributed by atoms with Gasteiger partial charge in [-0.3, -0.25) is 0 Å². The van der Waals surface area contributed by atoms with Gasteiger partial charge < -0.3 is 19.8 Å². The van der Waals surface area contributed by atoms with Crippen molar-refractivity contribution in [3.8, 4) is 0 Å². The first-order valence-corrected chi connectivity index (χ1v) is 9.01. The maximum atomic E-state index is 12.1. The highest BCUT2D eigenvalue weighted by Gasteiger charge is 2.15. The molecule has 0 aliphatic carbocycles. The van der Waals surface area contributed by atoms with Crippen LogP contribution in [0.3, 0.4) is 0 Å². The van der Waals surface area contributed by atoms with Gasteiger partial charge in [-0.2, -0.15) is 4.57 Å². The Morgan fingerprint density at radius 1 is 1.29 bits per heavy atom. The molecule has 2 rings (SSSR count). The number of rotatable bonds is 10. The molecule has 0 radical (unpaired) electrons. The van der Waals surface area contributed by atoms with Gasteiger partial charge in [0.05, 0.1) is 11.8 Å². The SMILES string of the molecule is C=Cn1c([N+](=O)[O-])cnc1/C=C/c1ccc(C(=O)OCCN(CC)CC)cc1. The van der Waals surface area contributed by atoms with E-state index in [9.17, 15) is 14.9 Å². The Balaban J connectivity index is 1.99. The summed E-state index contributed by atoms with van der Waals surface area (Å²) in [5, 5.41) is 10.9. The topological polar surface area (TPSA) is 90.5 Å². The van der Waals surface area contributed by atoms with Gasteiger partial charge in [-0.1, -0.05) is 32.6 Å². The highest BCUT2D eigenvalue weighted by molar-refractivity contribution is 5.89. The van der Waals surface area contributed by atoms with Crippen molar-refractivity contribution in [1.29, 1.82) is 0 Å². The first kappa shape index (κ1) is 21.0. The fraction of sp³-hybridized carbons (Fsp3) is 0.300. The smallest absolute Gasteiger partial charge is 0.347 e. The van der Waals surface area contributed by atoms with E-state index in [-0.39, 0.29) is 11.8 Å². The van der Waals surface area contributed by atoms with Crippen LogP contribution in [0.5, 0.6) is 0 Å². The molecule has 8 heteroatoms. The first-order chi connectivity index (χ1) is 13.5. The number of carbonyl (C=O) groups excluding carboxylic acids is 1. The molecule has 0 amide bonds. The van der Waals surface area contributed by atoms with Crippen LogP contribution in [0.15, 0.2) is 37.0 Å². The van der Waals surface area contributed by atoms with Crippen LogP contribution in [0.25, 0.3) is 18.4 Å². The summed E-state index contributed by atoms with van der Waals surface area (Å²) in [5.41, 5.74) is 1.29. The molecule has 0 unspecified atom stereocenters. The largest absolute Gasteiger partial charge is 0.461 e. The minimum atomic E-state index is -0.521. The van der Waals surface area contributed by atoms with Crippen LogP contribution in [0, 0.1) is 10.1 Å². The summed E-state index contributed by atoms with van der Waals surface area (Å²) < 4.78 is 6.59. The lowest BCUT2D eigenvalue weighted by atomic mass is 10.1. The van der Waals surface area contributed by atoms with Crippen LogP contribution >= 0.6 is 0 Å². The predicted octanol–water partition coefficient (Wildman–Crippen LogP) is 3.56. The van der Waals surface area contributed by atoms with E-state index < -0.39 is 4.92 Å². The number of nitrogens with zero attached hydrogens (tertiary/aromatic N) is 4. The van der Waals surface area contributed by atoms with Gasteiger partial charge in [0.2, 0.25) is 5.82 Å². The monoisotopic (exact) mass is 384 g/mol. The Bertz CT molecular complexity index is 852. The molecule has 1 heterocycles. The van der Waals surface area contributed by atoms with Crippen molar-refractivity contribution >= 4 is 30.1 Å². The lowest BCUT2D eigenvalue weighted by Gasteiger charge is -2.17. The lowest BCUT2D eigenvalue weighted by Crippen LogP contribution is -2.27. The molecule has 0 atom stereocenters. The van der Waals surface area contributed by atoms with Gasteiger partial charge in [0, 0.05) is 12.6 Å². The third kappa shape index (κ3) is 5.37. The fourth-order valence-electron chi connectivity index (χ4n) is 2.60.